The lowest BCUT2D eigenvalue weighted by molar-refractivity contribution is 0.641. The van der Waals surface area contributed by atoms with E-state index in [0.717, 1.165) is 30.8 Å². The third-order valence-corrected chi connectivity index (χ3v) is 3.99. The van der Waals surface area contributed by atoms with Crippen molar-refractivity contribution >= 4 is 0 Å². The third kappa shape index (κ3) is 2.14. The minimum atomic E-state index is 0.947. The van der Waals surface area contributed by atoms with Gasteiger partial charge in [0, 0.05) is 24.5 Å². The van der Waals surface area contributed by atoms with E-state index in [-0.39, 0.29) is 0 Å². The van der Waals surface area contributed by atoms with Crippen LogP contribution in [0.2, 0.25) is 0 Å². The van der Waals surface area contributed by atoms with Gasteiger partial charge in [0.1, 0.15) is 0 Å². The molecule has 0 radical (unpaired) electrons. The van der Waals surface area contributed by atoms with Gasteiger partial charge in [0.15, 0.2) is 0 Å². The van der Waals surface area contributed by atoms with Gasteiger partial charge >= 0.3 is 0 Å². The normalized spacial score (nSPS) is 13.9. The van der Waals surface area contributed by atoms with Crippen molar-refractivity contribution in [2.24, 2.45) is 0 Å². The van der Waals surface area contributed by atoms with Gasteiger partial charge in [-0.15, -0.1) is 0 Å². The molecule has 0 spiro atoms. The maximum atomic E-state index is 4.35. The first-order chi connectivity index (χ1) is 10.4. The highest BCUT2D eigenvalue weighted by Crippen LogP contribution is 2.27. The Morgan fingerprint density at radius 3 is 2.86 bits per heavy atom. The Kier molecular flexibility index (Phi) is 3.01. The number of benzene rings is 1. The van der Waals surface area contributed by atoms with E-state index in [9.17, 15) is 0 Å². The van der Waals surface area contributed by atoms with Gasteiger partial charge in [-0.2, -0.15) is 0 Å². The van der Waals surface area contributed by atoms with Crippen LogP contribution in [0.25, 0.3) is 16.9 Å². The van der Waals surface area contributed by atoms with Gasteiger partial charge in [-0.25, -0.2) is 4.98 Å². The van der Waals surface area contributed by atoms with Crippen molar-refractivity contribution in [3.05, 3.63) is 66.4 Å². The first-order valence-corrected chi connectivity index (χ1v) is 7.18. The van der Waals surface area contributed by atoms with Gasteiger partial charge in [-0.3, -0.25) is 9.55 Å². The first kappa shape index (κ1) is 12.3. The lowest BCUT2D eigenvalue weighted by Crippen LogP contribution is -2.24. The van der Waals surface area contributed by atoms with E-state index in [1.165, 1.54) is 16.8 Å². The molecular formula is C17H16N4. The van der Waals surface area contributed by atoms with Crippen molar-refractivity contribution < 1.29 is 0 Å². The Morgan fingerprint density at radius 1 is 1.05 bits per heavy atom. The zero-order chi connectivity index (χ0) is 14.1. The van der Waals surface area contributed by atoms with Gasteiger partial charge in [0.05, 0.1) is 23.9 Å². The molecule has 0 atom stereocenters. The number of hydrogen-bond acceptors (Lipinski definition) is 3. The molecule has 0 saturated carbocycles. The van der Waals surface area contributed by atoms with Gasteiger partial charge in [-0.05, 0) is 42.3 Å². The Morgan fingerprint density at radius 2 is 1.95 bits per heavy atom. The summed E-state index contributed by atoms with van der Waals surface area (Å²) in [5, 5.41) is 3.43. The molecule has 21 heavy (non-hydrogen) atoms. The van der Waals surface area contributed by atoms with Crippen LogP contribution in [0.15, 0.2) is 55.2 Å². The first-order valence-electron chi connectivity index (χ1n) is 7.18. The Bertz CT molecular complexity index is 761. The second-order valence-electron chi connectivity index (χ2n) is 5.23. The predicted molar refractivity (Wildman–Crippen MR) is 82.2 cm³/mol. The zero-order valence-corrected chi connectivity index (χ0v) is 11.7. The van der Waals surface area contributed by atoms with Crippen molar-refractivity contribution in [1.29, 1.82) is 0 Å². The lowest BCUT2D eigenvalue weighted by Gasteiger charge is -2.21. The van der Waals surface area contributed by atoms with Crippen molar-refractivity contribution in [3.63, 3.8) is 0 Å². The van der Waals surface area contributed by atoms with Crippen LogP contribution < -0.4 is 5.32 Å². The van der Waals surface area contributed by atoms with E-state index >= 15 is 0 Å². The fraction of sp³-hybridized carbons (Fsp3) is 0.176. The maximum Gasteiger partial charge on any atom is 0.0997 e. The van der Waals surface area contributed by atoms with Crippen LogP contribution in [0.3, 0.4) is 0 Å². The van der Waals surface area contributed by atoms with E-state index in [2.05, 4.69) is 38.1 Å². The van der Waals surface area contributed by atoms with E-state index in [1.807, 2.05) is 37.1 Å². The predicted octanol–water partition coefficient (Wildman–Crippen LogP) is 2.58. The summed E-state index contributed by atoms with van der Waals surface area (Å²) < 4.78 is 2.18. The largest absolute Gasteiger partial charge is 0.312 e. The average molecular weight is 276 g/mol. The highest BCUT2D eigenvalue weighted by atomic mass is 15.1. The van der Waals surface area contributed by atoms with Gasteiger partial charge < -0.3 is 5.32 Å². The number of imidazole rings is 1. The highest BCUT2D eigenvalue weighted by molar-refractivity contribution is 5.62. The number of nitrogens with one attached hydrogen (secondary N) is 1. The molecule has 3 heterocycles. The van der Waals surface area contributed by atoms with E-state index < -0.39 is 0 Å². The summed E-state index contributed by atoms with van der Waals surface area (Å²) in [6.07, 6.45) is 8.50. The highest BCUT2D eigenvalue weighted by Gasteiger charge is 2.15. The molecule has 0 aliphatic carbocycles. The summed E-state index contributed by atoms with van der Waals surface area (Å²) in [4.78, 5) is 8.44. The van der Waals surface area contributed by atoms with Crippen LogP contribution in [0, 0.1) is 0 Å². The van der Waals surface area contributed by atoms with E-state index in [4.69, 9.17) is 0 Å². The third-order valence-electron chi connectivity index (χ3n) is 3.99. The van der Waals surface area contributed by atoms with Crippen LogP contribution in [0.4, 0.5) is 0 Å². The SMILES string of the molecule is c1cc2c(c(-n3cncc3-c3ccncc3)c1)CCNC2. The standard InChI is InChI=1S/C17H16N4/c1-2-14-10-19-9-6-15(14)16(3-1)21-12-20-11-17(21)13-4-7-18-8-5-13/h1-5,7-8,11-12,19H,6,9-10H2. The monoisotopic (exact) mass is 276 g/mol. The second-order valence-corrected chi connectivity index (χ2v) is 5.23. The molecule has 1 N–H and O–H groups in total. The molecule has 4 nitrogen and oxygen atoms in total. The summed E-state index contributed by atoms with van der Waals surface area (Å²) in [6, 6.07) is 10.5. The van der Waals surface area contributed by atoms with Crippen molar-refractivity contribution in [3.8, 4) is 16.9 Å². The summed E-state index contributed by atoms with van der Waals surface area (Å²) in [6.45, 7) is 1.98. The van der Waals surface area contributed by atoms with Gasteiger partial charge in [0.25, 0.3) is 0 Å². The number of pyridine rings is 1. The fourth-order valence-corrected chi connectivity index (χ4v) is 2.96. The van der Waals surface area contributed by atoms with Crippen molar-refractivity contribution in [2.45, 2.75) is 13.0 Å². The van der Waals surface area contributed by atoms with E-state index in [0.29, 0.717) is 0 Å². The van der Waals surface area contributed by atoms with Crippen LogP contribution in [-0.4, -0.2) is 21.1 Å². The van der Waals surface area contributed by atoms with Crippen LogP contribution >= 0.6 is 0 Å². The minimum Gasteiger partial charge on any atom is -0.312 e. The lowest BCUT2D eigenvalue weighted by atomic mass is 9.98. The number of nitrogens with zero attached hydrogens (tertiary/aromatic N) is 3. The van der Waals surface area contributed by atoms with Gasteiger partial charge in [0.2, 0.25) is 0 Å². The molecule has 0 amide bonds. The molecule has 0 bridgehead atoms. The average Bonchev–Trinajstić information content (AvgIpc) is 3.04. The molecule has 2 aromatic heterocycles. The molecule has 4 rings (SSSR count). The Labute approximate surface area is 123 Å². The molecule has 104 valence electrons. The molecule has 0 saturated heterocycles. The molecule has 1 aromatic carbocycles. The number of fused-ring (bicyclic) bond motifs is 1. The Hall–Kier alpha value is -2.46. The summed E-state index contributed by atoms with van der Waals surface area (Å²) >= 11 is 0. The van der Waals surface area contributed by atoms with E-state index in [1.54, 1.807) is 0 Å². The summed E-state index contributed by atoms with van der Waals surface area (Å²) in [7, 11) is 0. The molecule has 0 unspecified atom stereocenters. The molecule has 3 aromatic rings. The topological polar surface area (TPSA) is 42.7 Å². The molecule has 0 fully saturated rings. The van der Waals surface area contributed by atoms with Crippen molar-refractivity contribution in [1.82, 2.24) is 19.9 Å². The molecule has 1 aliphatic heterocycles. The zero-order valence-electron chi connectivity index (χ0n) is 11.7. The number of aromatic nitrogens is 3. The van der Waals surface area contributed by atoms with Crippen LogP contribution in [0.5, 0.6) is 0 Å². The van der Waals surface area contributed by atoms with Crippen molar-refractivity contribution in [2.75, 3.05) is 6.54 Å². The quantitative estimate of drug-likeness (QED) is 0.782. The van der Waals surface area contributed by atoms with Gasteiger partial charge in [-0.1, -0.05) is 12.1 Å². The summed E-state index contributed by atoms with van der Waals surface area (Å²) in [5.74, 6) is 0. The Balaban J connectivity index is 1.88. The molecule has 4 heteroatoms. The van der Waals surface area contributed by atoms with Crippen LogP contribution in [-0.2, 0) is 13.0 Å². The molecular weight excluding hydrogens is 260 g/mol. The fourth-order valence-electron chi connectivity index (χ4n) is 2.96. The number of hydrogen-bond donors (Lipinski definition) is 1. The second kappa shape index (κ2) is 5.14. The summed E-state index contributed by atoms with van der Waals surface area (Å²) in [5.41, 5.74) is 6.27. The minimum absolute atomic E-state index is 0.947. The van der Waals surface area contributed by atoms with Crippen LogP contribution in [0.1, 0.15) is 11.1 Å². The molecule has 1 aliphatic rings. The maximum absolute atomic E-state index is 4.35. The smallest absolute Gasteiger partial charge is 0.0997 e. The number of rotatable bonds is 2.